The van der Waals surface area contributed by atoms with Gasteiger partial charge in [0, 0.05) is 0 Å². The lowest BCUT2D eigenvalue weighted by Gasteiger charge is -2.11. The lowest BCUT2D eigenvalue weighted by Crippen LogP contribution is -2.34. The molecule has 1 fully saturated rings. The molecule has 1 aromatic carbocycles. The van der Waals surface area contributed by atoms with E-state index in [4.69, 9.17) is 10.2 Å². The summed E-state index contributed by atoms with van der Waals surface area (Å²) in [5, 5.41) is 27.4. The summed E-state index contributed by atoms with van der Waals surface area (Å²) >= 11 is 0. The minimum absolute atomic E-state index is 0.0609. The van der Waals surface area contributed by atoms with Gasteiger partial charge in [-0.05, 0) is 17.7 Å². The van der Waals surface area contributed by atoms with Crippen LogP contribution in [-0.2, 0) is 9.59 Å². The number of carboxylic acids is 2. The third-order valence-corrected chi connectivity index (χ3v) is 2.73. The molecular weight excluding hydrogens is 292 g/mol. The highest BCUT2D eigenvalue weighted by atomic mass is 16.4. The Balaban J connectivity index is 2.07. The van der Waals surface area contributed by atoms with Crippen molar-refractivity contribution < 1.29 is 24.6 Å². The number of guanidine groups is 1. The number of carbonyl (C=O) groups excluding carboxylic acids is 1. The molecule has 3 N–H and O–H groups in total. The highest BCUT2D eigenvalue weighted by Gasteiger charge is 2.26. The summed E-state index contributed by atoms with van der Waals surface area (Å²) in [7, 11) is 0. The molecular formula is C13H12N4O5. The summed E-state index contributed by atoms with van der Waals surface area (Å²) in [5.41, 5.74) is 0.766. The van der Waals surface area contributed by atoms with Gasteiger partial charge in [-0.2, -0.15) is 5.10 Å². The van der Waals surface area contributed by atoms with E-state index in [2.05, 4.69) is 15.5 Å². The van der Waals surface area contributed by atoms with Crippen molar-refractivity contribution in [3.05, 3.63) is 35.4 Å². The molecule has 0 radical (unpaired) electrons. The number of carboxylic acid groups (broad SMARTS) is 2. The molecule has 114 valence electrons. The zero-order valence-corrected chi connectivity index (χ0v) is 11.3. The van der Waals surface area contributed by atoms with Crippen LogP contribution in [0.3, 0.4) is 0 Å². The van der Waals surface area contributed by atoms with Crippen LogP contribution in [0, 0.1) is 0 Å². The Hall–Kier alpha value is -3.23. The largest absolute Gasteiger partial charge is 0.480 e. The minimum atomic E-state index is -1.09. The van der Waals surface area contributed by atoms with Gasteiger partial charge in [-0.1, -0.05) is 12.1 Å². The van der Waals surface area contributed by atoms with E-state index in [9.17, 15) is 14.4 Å². The Kier molecular flexibility index (Phi) is 4.47. The van der Waals surface area contributed by atoms with Crippen LogP contribution < -0.4 is 5.32 Å². The average Bonchev–Trinajstić information content (AvgIpc) is 2.78. The van der Waals surface area contributed by atoms with Crippen molar-refractivity contribution in [1.82, 2.24) is 10.2 Å². The van der Waals surface area contributed by atoms with Crippen molar-refractivity contribution in [1.29, 1.82) is 0 Å². The third kappa shape index (κ3) is 3.88. The number of benzene rings is 1. The number of nitrogens with one attached hydrogen (secondary N) is 1. The van der Waals surface area contributed by atoms with Crippen molar-refractivity contribution >= 4 is 30.0 Å². The zero-order valence-electron chi connectivity index (χ0n) is 11.3. The topological polar surface area (TPSA) is 132 Å². The predicted octanol–water partition coefficient (Wildman–Crippen LogP) is -0.409. The monoisotopic (exact) mass is 304 g/mol. The minimum Gasteiger partial charge on any atom is -0.480 e. The van der Waals surface area contributed by atoms with Crippen LogP contribution in [0.1, 0.15) is 15.9 Å². The molecule has 1 aromatic rings. The van der Waals surface area contributed by atoms with E-state index >= 15 is 0 Å². The van der Waals surface area contributed by atoms with Gasteiger partial charge in [0.25, 0.3) is 0 Å². The Bertz CT molecular complexity index is 666. The fourth-order valence-electron chi connectivity index (χ4n) is 1.74. The fraction of sp³-hybridized carbons (Fsp3) is 0.154. The van der Waals surface area contributed by atoms with Crippen LogP contribution in [0.25, 0.3) is 0 Å². The molecule has 9 nitrogen and oxygen atoms in total. The molecule has 1 aliphatic heterocycles. The highest BCUT2D eigenvalue weighted by Crippen LogP contribution is 2.03. The van der Waals surface area contributed by atoms with Gasteiger partial charge in [0.15, 0.2) is 0 Å². The maximum Gasteiger partial charge on any atom is 0.335 e. The first kappa shape index (κ1) is 15.2. The first-order chi connectivity index (χ1) is 10.5. The third-order valence-electron chi connectivity index (χ3n) is 2.73. The second-order valence-corrected chi connectivity index (χ2v) is 4.39. The molecule has 0 aromatic heterocycles. The van der Waals surface area contributed by atoms with Crippen molar-refractivity contribution in [2.45, 2.75) is 0 Å². The summed E-state index contributed by atoms with van der Waals surface area (Å²) in [6.45, 7) is -0.450. The highest BCUT2D eigenvalue weighted by molar-refractivity contribution is 6.05. The standard InChI is InChI=1S/C13H12N4O5/c18-10-6-17(7-11(19)20)13(15-10)16-14-5-8-1-3-9(4-2-8)12(21)22/h1-5H,6-7H2,(H,19,20)(H,21,22)(H,15,16,18)/b14-5+. The predicted molar refractivity (Wildman–Crippen MR) is 75.8 cm³/mol. The second kappa shape index (κ2) is 6.48. The van der Waals surface area contributed by atoms with Gasteiger partial charge >= 0.3 is 11.9 Å². The molecule has 0 unspecified atom stereocenters. The first-order valence-corrected chi connectivity index (χ1v) is 6.16. The number of carbonyl (C=O) groups is 3. The first-order valence-electron chi connectivity index (χ1n) is 6.16. The molecule has 0 spiro atoms. The van der Waals surface area contributed by atoms with Gasteiger partial charge in [0.1, 0.15) is 13.1 Å². The van der Waals surface area contributed by atoms with Gasteiger partial charge in [0.2, 0.25) is 11.9 Å². The second-order valence-electron chi connectivity index (χ2n) is 4.39. The van der Waals surface area contributed by atoms with Gasteiger partial charge in [0.05, 0.1) is 11.8 Å². The van der Waals surface area contributed by atoms with Crippen molar-refractivity contribution in [2.75, 3.05) is 13.1 Å². The molecule has 1 aliphatic rings. The molecule has 22 heavy (non-hydrogen) atoms. The van der Waals surface area contributed by atoms with E-state index in [1.54, 1.807) is 12.1 Å². The van der Waals surface area contributed by atoms with Crippen LogP contribution in [0.4, 0.5) is 0 Å². The summed E-state index contributed by atoms with van der Waals surface area (Å²) in [6, 6.07) is 5.95. The normalized spacial score (nSPS) is 16.3. The summed E-state index contributed by atoms with van der Waals surface area (Å²) in [5.74, 6) is -2.41. The smallest absolute Gasteiger partial charge is 0.335 e. The summed E-state index contributed by atoms with van der Waals surface area (Å²) < 4.78 is 0. The average molecular weight is 304 g/mol. The quantitative estimate of drug-likeness (QED) is 0.500. The Labute approximate surface area is 124 Å². The molecule has 2 rings (SSSR count). The van der Waals surface area contributed by atoms with Crippen molar-refractivity contribution in [3.8, 4) is 0 Å². The van der Waals surface area contributed by atoms with Crippen LogP contribution >= 0.6 is 0 Å². The molecule has 0 bridgehead atoms. The van der Waals surface area contributed by atoms with Gasteiger partial charge in [-0.15, -0.1) is 5.10 Å². The van der Waals surface area contributed by atoms with E-state index in [1.165, 1.54) is 23.2 Å². The van der Waals surface area contributed by atoms with E-state index in [1.807, 2.05) is 0 Å². The number of aromatic carboxylic acids is 1. The Morgan fingerprint density at radius 1 is 1.27 bits per heavy atom. The number of hydrogen-bond donors (Lipinski definition) is 3. The molecule has 9 heteroatoms. The molecule has 0 atom stereocenters. The van der Waals surface area contributed by atoms with Crippen molar-refractivity contribution in [3.63, 3.8) is 0 Å². The zero-order chi connectivity index (χ0) is 16.1. The van der Waals surface area contributed by atoms with E-state index in [0.717, 1.165) is 0 Å². The molecule has 1 heterocycles. The Morgan fingerprint density at radius 2 is 1.95 bits per heavy atom. The number of hydrogen-bond acceptors (Lipinski definition) is 5. The van der Waals surface area contributed by atoms with Gasteiger partial charge in [-0.25, -0.2) is 4.79 Å². The van der Waals surface area contributed by atoms with E-state index in [-0.39, 0.29) is 30.5 Å². The molecule has 1 amide bonds. The number of amides is 1. The summed E-state index contributed by atoms with van der Waals surface area (Å²) in [4.78, 5) is 33.9. The maximum absolute atomic E-state index is 11.2. The van der Waals surface area contributed by atoms with E-state index in [0.29, 0.717) is 5.56 Å². The SMILES string of the molecule is O=C(O)CN1CC(=O)N/C1=N/N=C/c1ccc(C(=O)O)cc1. The van der Waals surface area contributed by atoms with Gasteiger partial charge < -0.3 is 15.1 Å². The lowest BCUT2D eigenvalue weighted by molar-refractivity contribution is -0.137. The number of aliphatic carboxylic acids is 1. The van der Waals surface area contributed by atoms with Gasteiger partial charge in [-0.3, -0.25) is 14.9 Å². The molecule has 0 aliphatic carbocycles. The van der Waals surface area contributed by atoms with Crippen LogP contribution in [-0.4, -0.2) is 58.2 Å². The molecule has 0 saturated carbocycles. The van der Waals surface area contributed by atoms with Crippen LogP contribution in [0.15, 0.2) is 34.5 Å². The maximum atomic E-state index is 11.2. The molecule has 1 saturated heterocycles. The van der Waals surface area contributed by atoms with Crippen LogP contribution in [0.2, 0.25) is 0 Å². The summed E-state index contributed by atoms with van der Waals surface area (Å²) in [6.07, 6.45) is 1.36. The van der Waals surface area contributed by atoms with Crippen molar-refractivity contribution in [2.24, 2.45) is 10.2 Å². The van der Waals surface area contributed by atoms with Crippen LogP contribution in [0.5, 0.6) is 0 Å². The Morgan fingerprint density at radius 3 is 2.55 bits per heavy atom. The number of rotatable bonds is 5. The van der Waals surface area contributed by atoms with E-state index < -0.39 is 11.9 Å². The number of nitrogens with zero attached hydrogens (tertiary/aromatic N) is 3. The lowest BCUT2D eigenvalue weighted by atomic mass is 10.1. The fourth-order valence-corrected chi connectivity index (χ4v) is 1.74.